The summed E-state index contributed by atoms with van der Waals surface area (Å²) in [7, 11) is 0. The predicted molar refractivity (Wildman–Crippen MR) is 88.6 cm³/mol. The van der Waals surface area contributed by atoms with Crippen LogP contribution in [0.1, 0.15) is 60.2 Å². The maximum Gasteiger partial charge on any atom is 0.338 e. The van der Waals surface area contributed by atoms with E-state index in [2.05, 4.69) is 13.8 Å². The second-order valence-corrected chi connectivity index (χ2v) is 6.61. The van der Waals surface area contributed by atoms with Crippen LogP contribution in [-0.2, 0) is 9.47 Å². The molecule has 0 spiro atoms. The lowest BCUT2D eigenvalue weighted by molar-refractivity contribution is 0.0227. The molecule has 0 N–H and O–H groups in total. The van der Waals surface area contributed by atoms with E-state index in [1.807, 2.05) is 0 Å². The Kier molecular flexibility index (Phi) is 6.78. The Bertz CT molecular complexity index is 499. The van der Waals surface area contributed by atoms with Gasteiger partial charge in [-0.1, -0.05) is 12.1 Å². The number of esters is 1. The summed E-state index contributed by atoms with van der Waals surface area (Å²) in [4.78, 5) is 22.6. The number of aldehydes is 1. The molecule has 126 valence electrons. The van der Waals surface area contributed by atoms with Crippen LogP contribution in [-0.4, -0.2) is 31.6 Å². The minimum absolute atomic E-state index is 0.291. The molecule has 0 amide bonds. The smallest absolute Gasteiger partial charge is 0.338 e. The fraction of sp³-hybridized carbons (Fsp3) is 0.579. The Morgan fingerprint density at radius 2 is 1.65 bits per heavy atom. The average molecular weight is 318 g/mol. The molecule has 0 saturated heterocycles. The van der Waals surface area contributed by atoms with Crippen LogP contribution in [0.4, 0.5) is 0 Å². The fourth-order valence-corrected chi connectivity index (χ4v) is 2.87. The molecule has 1 aliphatic rings. The first-order valence-electron chi connectivity index (χ1n) is 8.42. The van der Waals surface area contributed by atoms with E-state index in [1.165, 1.54) is 0 Å². The van der Waals surface area contributed by atoms with Crippen LogP contribution in [0.3, 0.4) is 0 Å². The molecular weight excluding hydrogens is 292 g/mol. The van der Waals surface area contributed by atoms with Crippen molar-refractivity contribution in [1.82, 2.24) is 0 Å². The zero-order chi connectivity index (χ0) is 16.7. The van der Waals surface area contributed by atoms with Crippen molar-refractivity contribution in [3.63, 3.8) is 0 Å². The summed E-state index contributed by atoms with van der Waals surface area (Å²) in [6.45, 7) is 5.44. The molecule has 2 rings (SSSR count). The number of benzene rings is 1. The summed E-state index contributed by atoms with van der Waals surface area (Å²) < 4.78 is 11.1. The van der Waals surface area contributed by atoms with Crippen LogP contribution in [0.2, 0.25) is 0 Å². The molecule has 1 aromatic rings. The molecule has 4 heteroatoms. The van der Waals surface area contributed by atoms with Crippen molar-refractivity contribution < 1.29 is 19.1 Å². The maximum atomic E-state index is 12.0. The highest BCUT2D eigenvalue weighted by Crippen LogP contribution is 2.29. The van der Waals surface area contributed by atoms with Crippen molar-refractivity contribution in [3.05, 3.63) is 35.4 Å². The van der Waals surface area contributed by atoms with Crippen molar-refractivity contribution >= 4 is 12.3 Å². The van der Waals surface area contributed by atoms with Gasteiger partial charge < -0.3 is 9.47 Å². The molecule has 1 aromatic carbocycles. The maximum absolute atomic E-state index is 12.0. The molecule has 4 nitrogen and oxygen atoms in total. The first-order chi connectivity index (χ1) is 11.1. The molecule has 0 heterocycles. The topological polar surface area (TPSA) is 52.6 Å². The van der Waals surface area contributed by atoms with Crippen molar-refractivity contribution in [2.75, 3.05) is 13.2 Å². The van der Waals surface area contributed by atoms with Gasteiger partial charge in [-0.25, -0.2) is 4.79 Å². The number of carbonyl (C=O) groups is 2. The lowest BCUT2D eigenvalue weighted by Crippen LogP contribution is -2.23. The molecule has 0 radical (unpaired) electrons. The monoisotopic (exact) mass is 318 g/mol. The van der Waals surface area contributed by atoms with E-state index in [4.69, 9.17) is 9.47 Å². The van der Waals surface area contributed by atoms with Crippen molar-refractivity contribution in [3.8, 4) is 0 Å². The third-order valence-electron chi connectivity index (χ3n) is 4.36. The Labute approximate surface area is 138 Å². The van der Waals surface area contributed by atoms with E-state index in [9.17, 15) is 9.59 Å². The van der Waals surface area contributed by atoms with E-state index < -0.39 is 0 Å². The van der Waals surface area contributed by atoms with Crippen molar-refractivity contribution in [1.29, 1.82) is 0 Å². The fourth-order valence-electron chi connectivity index (χ4n) is 2.87. The molecule has 0 unspecified atom stereocenters. The number of ether oxygens (including phenoxy) is 2. The number of rotatable bonds is 7. The summed E-state index contributed by atoms with van der Waals surface area (Å²) in [5.74, 6) is 0.774. The Morgan fingerprint density at radius 1 is 1.09 bits per heavy atom. The first kappa shape index (κ1) is 17.7. The van der Waals surface area contributed by atoms with Crippen LogP contribution in [0.25, 0.3) is 0 Å². The highest BCUT2D eigenvalue weighted by atomic mass is 16.5. The molecule has 1 fully saturated rings. The molecule has 1 saturated carbocycles. The summed E-state index contributed by atoms with van der Waals surface area (Å²) in [6.07, 6.45) is 5.51. The van der Waals surface area contributed by atoms with Crippen LogP contribution >= 0.6 is 0 Å². The molecule has 0 aromatic heterocycles. The molecule has 1 aliphatic carbocycles. The van der Waals surface area contributed by atoms with Gasteiger partial charge in [-0.05, 0) is 63.5 Å². The standard InChI is InChI=1S/C19H26O4/c1-14(2)22-12-16-3-5-17(6-4-16)13-23-19(21)18-9-7-15(11-20)8-10-18/h7-11,14,16-17H,3-6,12-13H2,1-2H3. The summed E-state index contributed by atoms with van der Waals surface area (Å²) >= 11 is 0. The van der Waals surface area contributed by atoms with E-state index >= 15 is 0 Å². The van der Waals surface area contributed by atoms with Crippen molar-refractivity contribution in [2.24, 2.45) is 11.8 Å². The quantitative estimate of drug-likeness (QED) is 0.565. The van der Waals surface area contributed by atoms with Crippen LogP contribution < -0.4 is 0 Å². The van der Waals surface area contributed by atoms with E-state index in [0.29, 0.717) is 35.7 Å². The van der Waals surface area contributed by atoms with E-state index in [0.717, 1.165) is 38.6 Å². The third-order valence-corrected chi connectivity index (χ3v) is 4.36. The number of hydrogen-bond acceptors (Lipinski definition) is 4. The zero-order valence-corrected chi connectivity index (χ0v) is 14.0. The van der Waals surface area contributed by atoms with Gasteiger partial charge in [-0.15, -0.1) is 0 Å². The van der Waals surface area contributed by atoms with Gasteiger partial charge in [-0.3, -0.25) is 4.79 Å². The third kappa shape index (κ3) is 5.79. The zero-order valence-electron chi connectivity index (χ0n) is 14.0. The van der Waals surface area contributed by atoms with Gasteiger partial charge in [-0.2, -0.15) is 0 Å². The van der Waals surface area contributed by atoms with Gasteiger partial charge in [0, 0.05) is 12.2 Å². The number of hydrogen-bond donors (Lipinski definition) is 0. The SMILES string of the molecule is CC(C)OCC1CCC(COC(=O)c2ccc(C=O)cc2)CC1. The lowest BCUT2D eigenvalue weighted by atomic mass is 9.83. The highest BCUT2D eigenvalue weighted by molar-refractivity contribution is 5.90. The summed E-state index contributed by atoms with van der Waals surface area (Å²) in [6, 6.07) is 6.52. The summed E-state index contributed by atoms with van der Waals surface area (Å²) in [5.41, 5.74) is 1.05. The minimum atomic E-state index is -0.312. The molecule has 0 bridgehead atoms. The van der Waals surface area contributed by atoms with E-state index in [-0.39, 0.29) is 5.97 Å². The highest BCUT2D eigenvalue weighted by Gasteiger charge is 2.23. The predicted octanol–water partition coefficient (Wildman–Crippen LogP) is 3.89. The van der Waals surface area contributed by atoms with Gasteiger partial charge >= 0.3 is 5.97 Å². The largest absolute Gasteiger partial charge is 0.462 e. The minimum Gasteiger partial charge on any atom is -0.462 e. The van der Waals surface area contributed by atoms with Crippen LogP contribution in [0.5, 0.6) is 0 Å². The van der Waals surface area contributed by atoms with Gasteiger partial charge in [0.2, 0.25) is 0 Å². The van der Waals surface area contributed by atoms with Gasteiger partial charge in [0.05, 0.1) is 18.3 Å². The summed E-state index contributed by atoms with van der Waals surface area (Å²) in [5, 5.41) is 0. The van der Waals surface area contributed by atoms with Crippen LogP contribution in [0, 0.1) is 11.8 Å². The lowest BCUT2D eigenvalue weighted by Gasteiger charge is -2.28. The van der Waals surface area contributed by atoms with Gasteiger partial charge in [0.25, 0.3) is 0 Å². The molecule has 0 atom stereocenters. The number of carbonyl (C=O) groups excluding carboxylic acids is 2. The second-order valence-electron chi connectivity index (χ2n) is 6.61. The molecule has 0 aliphatic heterocycles. The molecular formula is C19H26O4. The molecule has 23 heavy (non-hydrogen) atoms. The van der Waals surface area contributed by atoms with Gasteiger partial charge in [0.1, 0.15) is 6.29 Å². The average Bonchev–Trinajstić information content (AvgIpc) is 2.58. The Hall–Kier alpha value is -1.68. The van der Waals surface area contributed by atoms with Crippen molar-refractivity contribution in [2.45, 2.75) is 45.6 Å². The van der Waals surface area contributed by atoms with Gasteiger partial charge in [0.15, 0.2) is 0 Å². The van der Waals surface area contributed by atoms with E-state index in [1.54, 1.807) is 24.3 Å². The first-order valence-corrected chi connectivity index (χ1v) is 8.42. The van der Waals surface area contributed by atoms with Crippen LogP contribution in [0.15, 0.2) is 24.3 Å². The Morgan fingerprint density at radius 3 is 2.17 bits per heavy atom. The second kappa shape index (κ2) is 8.82. The Balaban J connectivity index is 1.70. The normalized spacial score (nSPS) is 21.2.